The Balaban J connectivity index is 1.46. The van der Waals surface area contributed by atoms with Crippen molar-refractivity contribution < 1.29 is 18.7 Å². The van der Waals surface area contributed by atoms with Gasteiger partial charge in [0.1, 0.15) is 5.75 Å². The highest BCUT2D eigenvalue weighted by atomic mass is 35.5. The molecular formula is C20H14ClN3O4. The normalized spacial score (nSPS) is 10.8. The van der Waals surface area contributed by atoms with Gasteiger partial charge in [0.25, 0.3) is 5.91 Å². The van der Waals surface area contributed by atoms with Gasteiger partial charge in [0, 0.05) is 16.1 Å². The molecule has 0 aliphatic carbocycles. The standard InChI is InChI=1S/C20H14ClN3O4/c21-13-3-6-17(15(9-13)20(26)18-2-1-7-27-18)28-11-19(25)23-14-4-5-16-12(8-14)10-22-24-16/h1-10H,11H2,(H,22,24)(H,23,25). The van der Waals surface area contributed by atoms with Crippen LogP contribution in [0.4, 0.5) is 5.69 Å². The van der Waals surface area contributed by atoms with E-state index in [2.05, 4.69) is 15.5 Å². The molecule has 4 aromatic rings. The summed E-state index contributed by atoms with van der Waals surface area (Å²) in [5.41, 5.74) is 1.71. The van der Waals surface area contributed by atoms with Gasteiger partial charge in [-0.3, -0.25) is 14.7 Å². The van der Waals surface area contributed by atoms with Crippen LogP contribution in [0.5, 0.6) is 5.75 Å². The van der Waals surface area contributed by atoms with Gasteiger partial charge in [0.05, 0.1) is 23.5 Å². The average Bonchev–Trinajstić information content (AvgIpc) is 3.38. The van der Waals surface area contributed by atoms with Crippen LogP contribution in [0.3, 0.4) is 0 Å². The van der Waals surface area contributed by atoms with E-state index >= 15 is 0 Å². The van der Waals surface area contributed by atoms with Gasteiger partial charge in [-0.25, -0.2) is 0 Å². The summed E-state index contributed by atoms with van der Waals surface area (Å²) >= 11 is 6.01. The smallest absolute Gasteiger partial charge is 0.262 e. The molecule has 2 N–H and O–H groups in total. The monoisotopic (exact) mass is 395 g/mol. The number of nitrogens with zero attached hydrogens (tertiary/aromatic N) is 1. The number of aromatic amines is 1. The molecule has 1 amide bonds. The van der Waals surface area contributed by atoms with Crippen LogP contribution in [0.25, 0.3) is 10.9 Å². The molecule has 140 valence electrons. The van der Waals surface area contributed by atoms with Crippen molar-refractivity contribution in [1.82, 2.24) is 10.2 Å². The second-order valence-corrected chi connectivity index (χ2v) is 6.39. The number of H-pyrrole nitrogens is 1. The van der Waals surface area contributed by atoms with E-state index in [0.717, 1.165) is 10.9 Å². The fourth-order valence-electron chi connectivity index (χ4n) is 2.71. The number of rotatable bonds is 6. The minimum Gasteiger partial charge on any atom is -0.483 e. The fraction of sp³-hybridized carbons (Fsp3) is 0.0500. The topological polar surface area (TPSA) is 97.2 Å². The van der Waals surface area contributed by atoms with Crippen molar-refractivity contribution in [2.45, 2.75) is 0 Å². The zero-order valence-corrected chi connectivity index (χ0v) is 15.2. The minimum absolute atomic E-state index is 0.157. The molecule has 0 saturated heterocycles. The first-order valence-corrected chi connectivity index (χ1v) is 8.71. The molecule has 28 heavy (non-hydrogen) atoms. The van der Waals surface area contributed by atoms with E-state index in [1.54, 1.807) is 42.6 Å². The predicted molar refractivity (Wildman–Crippen MR) is 104 cm³/mol. The quantitative estimate of drug-likeness (QED) is 0.480. The maximum absolute atomic E-state index is 12.6. The lowest BCUT2D eigenvalue weighted by Gasteiger charge is -2.11. The Morgan fingerprint density at radius 2 is 2.07 bits per heavy atom. The fourth-order valence-corrected chi connectivity index (χ4v) is 2.88. The number of carbonyl (C=O) groups is 2. The van der Waals surface area contributed by atoms with Crippen molar-refractivity contribution in [3.8, 4) is 5.75 Å². The molecule has 4 rings (SSSR count). The number of anilines is 1. The predicted octanol–water partition coefficient (Wildman–Crippen LogP) is 4.06. The summed E-state index contributed by atoms with van der Waals surface area (Å²) in [4.78, 5) is 24.8. The first-order chi connectivity index (χ1) is 13.6. The lowest BCUT2D eigenvalue weighted by atomic mass is 10.1. The second kappa shape index (κ2) is 7.58. The van der Waals surface area contributed by atoms with E-state index in [-0.39, 0.29) is 35.4 Å². The highest BCUT2D eigenvalue weighted by Crippen LogP contribution is 2.26. The Morgan fingerprint density at radius 1 is 1.18 bits per heavy atom. The molecule has 0 fully saturated rings. The number of nitrogens with one attached hydrogen (secondary N) is 2. The van der Waals surface area contributed by atoms with E-state index in [9.17, 15) is 9.59 Å². The van der Waals surface area contributed by atoms with Gasteiger partial charge in [0.2, 0.25) is 5.78 Å². The third-order valence-electron chi connectivity index (χ3n) is 4.01. The van der Waals surface area contributed by atoms with Gasteiger partial charge >= 0.3 is 0 Å². The first kappa shape index (κ1) is 17.8. The number of amides is 1. The SMILES string of the molecule is O=C(COc1ccc(Cl)cc1C(=O)c1ccco1)Nc1ccc2[nH]ncc2c1. The average molecular weight is 396 g/mol. The molecule has 0 radical (unpaired) electrons. The van der Waals surface area contributed by atoms with Crippen LogP contribution in [0, 0.1) is 0 Å². The molecule has 0 unspecified atom stereocenters. The van der Waals surface area contributed by atoms with Crippen LogP contribution in [0.2, 0.25) is 5.02 Å². The van der Waals surface area contributed by atoms with Crippen LogP contribution in [-0.4, -0.2) is 28.5 Å². The molecule has 7 nitrogen and oxygen atoms in total. The number of ether oxygens (including phenoxy) is 1. The molecule has 8 heteroatoms. The van der Waals surface area contributed by atoms with Gasteiger partial charge < -0.3 is 14.5 Å². The zero-order chi connectivity index (χ0) is 19.5. The summed E-state index contributed by atoms with van der Waals surface area (Å²) in [5.74, 6) is -0.348. The van der Waals surface area contributed by atoms with Crippen LogP contribution < -0.4 is 10.1 Å². The van der Waals surface area contributed by atoms with Gasteiger partial charge in [0.15, 0.2) is 12.4 Å². The molecule has 0 saturated carbocycles. The number of furan rings is 1. The van der Waals surface area contributed by atoms with Crippen molar-refractivity contribution >= 4 is 39.9 Å². The molecule has 2 aromatic heterocycles. The Morgan fingerprint density at radius 3 is 2.89 bits per heavy atom. The maximum atomic E-state index is 12.6. The van der Waals surface area contributed by atoms with Crippen LogP contribution in [-0.2, 0) is 4.79 Å². The highest BCUT2D eigenvalue weighted by molar-refractivity contribution is 6.31. The summed E-state index contributed by atoms with van der Waals surface area (Å²) in [7, 11) is 0. The van der Waals surface area contributed by atoms with E-state index < -0.39 is 0 Å². The third-order valence-corrected chi connectivity index (χ3v) is 4.25. The Hall–Kier alpha value is -3.58. The van der Waals surface area contributed by atoms with Gasteiger partial charge in [-0.05, 0) is 48.5 Å². The molecule has 0 bridgehead atoms. The maximum Gasteiger partial charge on any atom is 0.262 e. The molecule has 2 heterocycles. The minimum atomic E-state index is -0.381. The van der Waals surface area contributed by atoms with Crippen molar-refractivity contribution in [2.75, 3.05) is 11.9 Å². The van der Waals surface area contributed by atoms with Crippen molar-refractivity contribution in [3.63, 3.8) is 0 Å². The number of halogens is 1. The van der Waals surface area contributed by atoms with Crippen molar-refractivity contribution in [3.05, 3.63) is 77.3 Å². The van der Waals surface area contributed by atoms with Crippen LogP contribution in [0.15, 0.2) is 65.4 Å². The Kier molecular flexibility index (Phi) is 4.82. The second-order valence-electron chi connectivity index (χ2n) is 5.96. The van der Waals surface area contributed by atoms with E-state index in [4.69, 9.17) is 20.8 Å². The summed E-state index contributed by atoms with van der Waals surface area (Å²) < 4.78 is 10.7. The molecule has 0 atom stereocenters. The van der Waals surface area contributed by atoms with Crippen molar-refractivity contribution in [1.29, 1.82) is 0 Å². The molecule has 2 aromatic carbocycles. The number of benzene rings is 2. The number of ketones is 1. The number of hydrogen-bond donors (Lipinski definition) is 2. The Bertz CT molecular complexity index is 1150. The van der Waals surface area contributed by atoms with E-state index in [1.807, 2.05) is 6.07 Å². The zero-order valence-electron chi connectivity index (χ0n) is 14.4. The lowest BCUT2D eigenvalue weighted by Crippen LogP contribution is -2.21. The summed E-state index contributed by atoms with van der Waals surface area (Å²) in [6.45, 7) is -0.274. The number of fused-ring (bicyclic) bond motifs is 1. The Labute approximate surface area is 164 Å². The van der Waals surface area contributed by atoms with Crippen LogP contribution in [0.1, 0.15) is 16.1 Å². The highest BCUT2D eigenvalue weighted by Gasteiger charge is 2.18. The first-order valence-electron chi connectivity index (χ1n) is 8.34. The summed E-state index contributed by atoms with van der Waals surface area (Å²) in [6, 6.07) is 13.1. The number of carbonyl (C=O) groups excluding carboxylic acids is 2. The van der Waals surface area contributed by atoms with Crippen LogP contribution >= 0.6 is 11.6 Å². The number of aromatic nitrogens is 2. The summed E-state index contributed by atoms with van der Waals surface area (Å²) in [6.07, 6.45) is 3.07. The molecule has 0 aliphatic rings. The van der Waals surface area contributed by atoms with Gasteiger partial charge in [-0.15, -0.1) is 0 Å². The lowest BCUT2D eigenvalue weighted by molar-refractivity contribution is -0.118. The molecular weight excluding hydrogens is 382 g/mol. The number of hydrogen-bond acceptors (Lipinski definition) is 5. The molecule has 0 spiro atoms. The summed E-state index contributed by atoms with van der Waals surface area (Å²) in [5, 5.41) is 10.8. The van der Waals surface area contributed by atoms with E-state index in [1.165, 1.54) is 12.3 Å². The third kappa shape index (κ3) is 3.74. The van der Waals surface area contributed by atoms with Crippen molar-refractivity contribution in [2.24, 2.45) is 0 Å². The van der Waals surface area contributed by atoms with Gasteiger partial charge in [-0.1, -0.05) is 11.6 Å². The molecule has 0 aliphatic heterocycles. The van der Waals surface area contributed by atoms with Gasteiger partial charge in [-0.2, -0.15) is 5.10 Å². The van der Waals surface area contributed by atoms with E-state index in [0.29, 0.717) is 10.7 Å². The largest absolute Gasteiger partial charge is 0.483 e.